The number of pyridine rings is 1. The Kier molecular flexibility index (Phi) is 5.85. The van der Waals surface area contributed by atoms with Gasteiger partial charge in [0.25, 0.3) is 0 Å². The van der Waals surface area contributed by atoms with Crippen LogP contribution >= 0.6 is 12.4 Å². The number of hydrogen-bond acceptors (Lipinski definition) is 4. The third kappa shape index (κ3) is 3.83. The SMILES string of the molecule is Cc1ccc(O)c(CN2CCCC(CN)C2)n1.Cl. The van der Waals surface area contributed by atoms with Crippen molar-refractivity contribution in [2.45, 2.75) is 26.3 Å². The number of piperidine rings is 1. The molecule has 18 heavy (non-hydrogen) atoms. The number of likely N-dealkylation sites (tertiary alicyclic amines) is 1. The zero-order valence-corrected chi connectivity index (χ0v) is 11.6. The molecule has 2 rings (SSSR count). The molecule has 5 heteroatoms. The van der Waals surface area contributed by atoms with Crippen molar-refractivity contribution in [3.05, 3.63) is 23.5 Å². The molecule has 4 nitrogen and oxygen atoms in total. The first-order valence-electron chi connectivity index (χ1n) is 6.27. The normalized spacial score (nSPS) is 20.4. The summed E-state index contributed by atoms with van der Waals surface area (Å²) in [4.78, 5) is 6.73. The summed E-state index contributed by atoms with van der Waals surface area (Å²) >= 11 is 0. The number of nitrogens with zero attached hydrogens (tertiary/aromatic N) is 2. The topological polar surface area (TPSA) is 62.4 Å². The number of aryl methyl sites for hydroxylation is 1. The number of rotatable bonds is 3. The minimum atomic E-state index is 0. The Morgan fingerprint density at radius 1 is 1.50 bits per heavy atom. The highest BCUT2D eigenvalue weighted by molar-refractivity contribution is 5.85. The van der Waals surface area contributed by atoms with Crippen molar-refractivity contribution in [2.75, 3.05) is 19.6 Å². The molecule has 3 N–H and O–H groups in total. The Hall–Kier alpha value is -0.840. The lowest BCUT2D eigenvalue weighted by molar-refractivity contribution is 0.167. The maximum Gasteiger partial charge on any atom is 0.138 e. The molecular weight excluding hydrogens is 250 g/mol. The van der Waals surface area contributed by atoms with Gasteiger partial charge in [0, 0.05) is 18.8 Å². The highest BCUT2D eigenvalue weighted by Gasteiger charge is 2.19. The first-order chi connectivity index (χ1) is 8.19. The number of hydrogen-bond donors (Lipinski definition) is 2. The molecule has 1 aromatic rings. The van der Waals surface area contributed by atoms with E-state index >= 15 is 0 Å². The van der Waals surface area contributed by atoms with Gasteiger partial charge in [-0.15, -0.1) is 12.4 Å². The quantitative estimate of drug-likeness (QED) is 0.878. The largest absolute Gasteiger partial charge is 0.506 e. The van der Waals surface area contributed by atoms with E-state index in [9.17, 15) is 5.11 Å². The molecule has 0 radical (unpaired) electrons. The Morgan fingerprint density at radius 3 is 3.00 bits per heavy atom. The van der Waals surface area contributed by atoms with Crippen molar-refractivity contribution >= 4 is 12.4 Å². The van der Waals surface area contributed by atoms with Crippen LogP contribution in [0.1, 0.15) is 24.2 Å². The predicted octanol–water partition coefficient (Wildman–Crippen LogP) is 1.69. The maximum absolute atomic E-state index is 9.77. The summed E-state index contributed by atoms with van der Waals surface area (Å²) in [5, 5.41) is 9.77. The molecule has 1 aliphatic rings. The van der Waals surface area contributed by atoms with E-state index in [0.29, 0.717) is 11.7 Å². The van der Waals surface area contributed by atoms with Crippen LogP contribution in [0.4, 0.5) is 0 Å². The molecule has 0 saturated carbocycles. The monoisotopic (exact) mass is 271 g/mol. The van der Waals surface area contributed by atoms with Crippen LogP contribution < -0.4 is 5.73 Å². The van der Waals surface area contributed by atoms with Gasteiger partial charge in [0.05, 0.1) is 5.69 Å². The molecule has 0 bridgehead atoms. The van der Waals surface area contributed by atoms with E-state index in [0.717, 1.165) is 37.6 Å². The van der Waals surface area contributed by atoms with Crippen LogP contribution in [0.5, 0.6) is 5.75 Å². The number of aromatic nitrogens is 1. The molecule has 0 amide bonds. The fourth-order valence-corrected chi connectivity index (χ4v) is 2.42. The molecule has 1 atom stereocenters. The lowest BCUT2D eigenvalue weighted by atomic mass is 9.98. The summed E-state index contributed by atoms with van der Waals surface area (Å²) < 4.78 is 0. The zero-order valence-electron chi connectivity index (χ0n) is 10.8. The number of nitrogens with two attached hydrogens (primary N) is 1. The van der Waals surface area contributed by atoms with Gasteiger partial charge in [0.1, 0.15) is 5.75 Å². The van der Waals surface area contributed by atoms with Crippen LogP contribution in [-0.2, 0) is 6.54 Å². The van der Waals surface area contributed by atoms with Crippen molar-refractivity contribution in [3.8, 4) is 5.75 Å². The Labute approximate surface area is 115 Å². The maximum atomic E-state index is 9.77. The number of halogens is 1. The van der Waals surface area contributed by atoms with E-state index in [-0.39, 0.29) is 12.4 Å². The molecule has 1 unspecified atom stereocenters. The van der Waals surface area contributed by atoms with Gasteiger partial charge in [0.2, 0.25) is 0 Å². The third-order valence-electron chi connectivity index (χ3n) is 3.40. The van der Waals surface area contributed by atoms with E-state index in [2.05, 4.69) is 9.88 Å². The Balaban J connectivity index is 0.00000162. The molecular formula is C13H22ClN3O. The van der Waals surface area contributed by atoms with E-state index in [4.69, 9.17) is 5.73 Å². The average Bonchev–Trinajstić information content (AvgIpc) is 2.34. The van der Waals surface area contributed by atoms with Crippen LogP contribution in [0, 0.1) is 12.8 Å². The van der Waals surface area contributed by atoms with Crippen molar-refractivity contribution in [2.24, 2.45) is 11.7 Å². The van der Waals surface area contributed by atoms with Crippen LogP contribution in [0.25, 0.3) is 0 Å². The molecule has 1 fully saturated rings. The van der Waals surface area contributed by atoms with Gasteiger partial charge in [-0.05, 0) is 50.9 Å². The van der Waals surface area contributed by atoms with E-state index in [1.165, 1.54) is 12.8 Å². The Morgan fingerprint density at radius 2 is 2.28 bits per heavy atom. The van der Waals surface area contributed by atoms with Gasteiger partial charge >= 0.3 is 0 Å². The molecule has 0 spiro atoms. The zero-order chi connectivity index (χ0) is 12.3. The summed E-state index contributed by atoms with van der Waals surface area (Å²) in [5.41, 5.74) is 7.45. The molecule has 1 aliphatic heterocycles. The molecule has 1 aromatic heterocycles. The van der Waals surface area contributed by atoms with Gasteiger partial charge in [-0.3, -0.25) is 9.88 Å². The Bertz CT molecular complexity index is 386. The minimum absolute atomic E-state index is 0. The van der Waals surface area contributed by atoms with Crippen LogP contribution in [-0.4, -0.2) is 34.6 Å². The summed E-state index contributed by atoms with van der Waals surface area (Å²) in [7, 11) is 0. The molecule has 0 aliphatic carbocycles. The smallest absolute Gasteiger partial charge is 0.138 e. The fourth-order valence-electron chi connectivity index (χ4n) is 2.42. The highest BCUT2D eigenvalue weighted by atomic mass is 35.5. The van der Waals surface area contributed by atoms with Gasteiger partial charge in [-0.2, -0.15) is 0 Å². The van der Waals surface area contributed by atoms with Crippen molar-refractivity contribution in [3.63, 3.8) is 0 Å². The van der Waals surface area contributed by atoms with E-state index in [1.54, 1.807) is 6.07 Å². The van der Waals surface area contributed by atoms with Crippen LogP contribution in [0.15, 0.2) is 12.1 Å². The van der Waals surface area contributed by atoms with Gasteiger partial charge in [0.15, 0.2) is 0 Å². The average molecular weight is 272 g/mol. The molecule has 1 saturated heterocycles. The van der Waals surface area contributed by atoms with Crippen LogP contribution in [0.3, 0.4) is 0 Å². The van der Waals surface area contributed by atoms with Gasteiger partial charge < -0.3 is 10.8 Å². The van der Waals surface area contributed by atoms with Crippen LogP contribution in [0.2, 0.25) is 0 Å². The molecule has 2 heterocycles. The summed E-state index contributed by atoms with van der Waals surface area (Å²) in [5.74, 6) is 0.890. The van der Waals surface area contributed by atoms with Gasteiger partial charge in [-0.25, -0.2) is 0 Å². The second-order valence-corrected chi connectivity index (χ2v) is 4.90. The lowest BCUT2D eigenvalue weighted by Gasteiger charge is -2.31. The van der Waals surface area contributed by atoms with Crippen molar-refractivity contribution in [1.29, 1.82) is 0 Å². The summed E-state index contributed by atoms with van der Waals surface area (Å²) in [6.45, 7) is 5.52. The predicted molar refractivity (Wildman–Crippen MR) is 74.9 cm³/mol. The van der Waals surface area contributed by atoms with Crippen molar-refractivity contribution in [1.82, 2.24) is 9.88 Å². The second kappa shape index (κ2) is 6.92. The minimum Gasteiger partial charge on any atom is -0.506 e. The third-order valence-corrected chi connectivity index (χ3v) is 3.40. The van der Waals surface area contributed by atoms with E-state index < -0.39 is 0 Å². The first kappa shape index (κ1) is 15.2. The summed E-state index contributed by atoms with van der Waals surface area (Å²) in [6, 6.07) is 3.56. The number of aromatic hydroxyl groups is 1. The second-order valence-electron chi connectivity index (χ2n) is 4.90. The first-order valence-corrected chi connectivity index (χ1v) is 6.27. The molecule has 102 valence electrons. The van der Waals surface area contributed by atoms with Crippen molar-refractivity contribution < 1.29 is 5.11 Å². The molecule has 0 aromatic carbocycles. The highest BCUT2D eigenvalue weighted by Crippen LogP contribution is 2.21. The standard InChI is InChI=1S/C13H21N3O.ClH/c1-10-4-5-13(17)12(15-10)9-16-6-2-3-11(7-14)8-16;/h4-5,11,17H,2-3,6-9,14H2,1H3;1H. The van der Waals surface area contributed by atoms with Gasteiger partial charge in [-0.1, -0.05) is 0 Å². The summed E-state index contributed by atoms with van der Waals surface area (Å²) in [6.07, 6.45) is 2.41. The fraction of sp³-hybridized carbons (Fsp3) is 0.615. The lowest BCUT2D eigenvalue weighted by Crippen LogP contribution is -2.38. The van der Waals surface area contributed by atoms with E-state index in [1.807, 2.05) is 13.0 Å².